The van der Waals surface area contributed by atoms with Crippen LogP contribution in [-0.2, 0) is 18.9 Å². The number of hydrogen-bond donors (Lipinski definition) is 2. The molecule has 1 aromatic rings. The van der Waals surface area contributed by atoms with E-state index in [4.69, 9.17) is 5.73 Å². The summed E-state index contributed by atoms with van der Waals surface area (Å²) in [6.45, 7) is 5.24. The molecule has 134 valence electrons. The number of nitrogens with zero attached hydrogens (tertiary/aromatic N) is 3. The highest BCUT2D eigenvalue weighted by Crippen LogP contribution is 2.10. The Kier molecular flexibility index (Phi) is 6.08. The van der Waals surface area contributed by atoms with Crippen LogP contribution in [0.2, 0.25) is 0 Å². The number of rotatable bonds is 6. The lowest BCUT2D eigenvalue weighted by Gasteiger charge is -2.24. The van der Waals surface area contributed by atoms with E-state index in [2.05, 4.69) is 5.32 Å². The van der Waals surface area contributed by atoms with Gasteiger partial charge in [-0.2, -0.15) is 0 Å². The summed E-state index contributed by atoms with van der Waals surface area (Å²) in [7, 11) is 4.27. The van der Waals surface area contributed by atoms with E-state index in [1.165, 1.54) is 19.0 Å². The van der Waals surface area contributed by atoms with Gasteiger partial charge in [-0.3, -0.25) is 28.4 Å². The van der Waals surface area contributed by atoms with Crippen LogP contribution in [0.1, 0.15) is 31.1 Å². The van der Waals surface area contributed by atoms with Crippen LogP contribution >= 0.6 is 0 Å². The lowest BCUT2D eigenvalue weighted by molar-refractivity contribution is -0.122. The number of hydrogen-bond acceptors (Lipinski definition) is 6. The summed E-state index contributed by atoms with van der Waals surface area (Å²) >= 11 is 0. The maximum atomic E-state index is 12.7. The molecule has 1 aromatic heterocycles. The second-order valence-electron chi connectivity index (χ2n) is 6.14. The van der Waals surface area contributed by atoms with Crippen molar-refractivity contribution < 1.29 is 9.59 Å². The Morgan fingerprint density at radius 1 is 1.17 bits per heavy atom. The molecule has 0 radical (unpaired) electrons. The zero-order chi connectivity index (χ0) is 18.8. The van der Waals surface area contributed by atoms with E-state index in [1.807, 2.05) is 13.8 Å². The van der Waals surface area contributed by atoms with Crippen molar-refractivity contribution in [3.63, 3.8) is 0 Å². The summed E-state index contributed by atoms with van der Waals surface area (Å²) in [4.78, 5) is 50.1. The summed E-state index contributed by atoms with van der Waals surface area (Å²) in [6.07, 6.45) is 0. The molecule has 9 nitrogen and oxygen atoms in total. The monoisotopic (exact) mass is 339 g/mol. The van der Waals surface area contributed by atoms with Gasteiger partial charge < -0.3 is 11.1 Å². The second kappa shape index (κ2) is 7.43. The van der Waals surface area contributed by atoms with Crippen molar-refractivity contribution in [1.82, 2.24) is 19.4 Å². The van der Waals surface area contributed by atoms with Gasteiger partial charge in [0.15, 0.2) is 5.78 Å². The highest BCUT2D eigenvalue weighted by molar-refractivity contribution is 6.03. The van der Waals surface area contributed by atoms with E-state index in [0.29, 0.717) is 0 Å². The molecule has 1 amide bonds. The van der Waals surface area contributed by atoms with E-state index in [-0.39, 0.29) is 29.9 Å². The molecule has 0 aromatic carbocycles. The largest absolute Gasteiger partial charge is 0.384 e. The minimum atomic E-state index is -0.754. The fraction of sp³-hybridized carbons (Fsp3) is 0.600. The Hall–Kier alpha value is -2.42. The summed E-state index contributed by atoms with van der Waals surface area (Å²) < 4.78 is 1.88. The van der Waals surface area contributed by atoms with Crippen LogP contribution < -0.4 is 22.3 Å². The lowest BCUT2D eigenvalue weighted by atomic mass is 10.1. The third kappa shape index (κ3) is 3.91. The number of aromatic nitrogens is 2. The number of nitrogen functional groups attached to an aromatic ring is 1. The van der Waals surface area contributed by atoms with E-state index in [1.54, 1.807) is 14.0 Å². The van der Waals surface area contributed by atoms with Crippen molar-refractivity contribution in [3.05, 3.63) is 26.4 Å². The van der Waals surface area contributed by atoms with Gasteiger partial charge in [0, 0.05) is 20.1 Å². The second-order valence-corrected chi connectivity index (χ2v) is 6.14. The minimum Gasteiger partial charge on any atom is -0.384 e. The van der Waals surface area contributed by atoms with Gasteiger partial charge in [0.05, 0.1) is 12.6 Å². The standard InChI is InChI=1S/C15H25N5O4/c1-8(2)17-10(21)7-18(4)9(3)12(22)11-13(16)19(5)15(24)20(6)14(11)23/h8-9H,7,16H2,1-6H3,(H,17,21)/t9-/m0/s1. The molecule has 1 rings (SSSR count). The number of carbonyl (C=O) groups is 2. The van der Waals surface area contributed by atoms with E-state index >= 15 is 0 Å². The zero-order valence-electron chi connectivity index (χ0n) is 14.9. The number of carbonyl (C=O) groups excluding carboxylic acids is 2. The predicted octanol–water partition coefficient (Wildman–Crippen LogP) is -1.31. The molecular formula is C15H25N5O4. The topological polar surface area (TPSA) is 119 Å². The van der Waals surface area contributed by atoms with E-state index in [9.17, 15) is 19.2 Å². The van der Waals surface area contributed by atoms with Crippen LogP contribution in [0.3, 0.4) is 0 Å². The number of Topliss-reactive ketones (excluding diaryl/α,β-unsaturated/α-hetero) is 1. The first-order valence-electron chi connectivity index (χ1n) is 7.58. The predicted molar refractivity (Wildman–Crippen MR) is 91.0 cm³/mol. The molecule has 0 fully saturated rings. The van der Waals surface area contributed by atoms with Crippen LogP contribution in [-0.4, -0.2) is 51.4 Å². The average Bonchev–Trinajstić information content (AvgIpc) is 2.49. The third-order valence-corrected chi connectivity index (χ3v) is 3.84. The number of anilines is 1. The highest BCUT2D eigenvalue weighted by atomic mass is 16.2. The first-order chi connectivity index (χ1) is 11.0. The Bertz CT molecular complexity index is 762. The number of nitrogens with two attached hydrogens (primary N) is 1. The zero-order valence-corrected chi connectivity index (χ0v) is 14.9. The van der Waals surface area contributed by atoms with Crippen LogP contribution in [0.5, 0.6) is 0 Å². The number of nitrogens with one attached hydrogen (secondary N) is 1. The van der Waals surface area contributed by atoms with Crippen molar-refractivity contribution in [1.29, 1.82) is 0 Å². The summed E-state index contributed by atoms with van der Waals surface area (Å²) in [5, 5.41) is 2.73. The van der Waals surface area contributed by atoms with Gasteiger partial charge >= 0.3 is 5.69 Å². The summed E-state index contributed by atoms with van der Waals surface area (Å²) in [5.74, 6) is -0.947. The Morgan fingerprint density at radius 2 is 1.71 bits per heavy atom. The molecule has 1 heterocycles. The molecule has 0 unspecified atom stereocenters. The van der Waals surface area contributed by atoms with Gasteiger partial charge in [0.1, 0.15) is 11.4 Å². The molecule has 0 aliphatic rings. The van der Waals surface area contributed by atoms with Gasteiger partial charge in [-0.25, -0.2) is 4.79 Å². The van der Waals surface area contributed by atoms with Crippen LogP contribution in [0, 0.1) is 0 Å². The number of likely N-dealkylation sites (N-methyl/N-ethyl adjacent to an activating group) is 1. The van der Waals surface area contributed by atoms with Crippen LogP contribution in [0.25, 0.3) is 0 Å². The van der Waals surface area contributed by atoms with E-state index in [0.717, 1.165) is 9.13 Å². The first-order valence-corrected chi connectivity index (χ1v) is 7.58. The normalized spacial score (nSPS) is 12.5. The maximum Gasteiger partial charge on any atom is 0.332 e. The quantitative estimate of drug-likeness (QED) is 0.621. The molecule has 3 N–H and O–H groups in total. The Balaban J connectivity index is 3.13. The van der Waals surface area contributed by atoms with Gasteiger partial charge in [0.2, 0.25) is 5.91 Å². The molecule has 0 saturated carbocycles. The molecule has 0 aliphatic heterocycles. The molecule has 0 spiro atoms. The first kappa shape index (κ1) is 19.6. The van der Waals surface area contributed by atoms with Crippen LogP contribution in [0.15, 0.2) is 9.59 Å². The Morgan fingerprint density at radius 3 is 2.21 bits per heavy atom. The van der Waals surface area contributed by atoms with Gasteiger partial charge in [-0.15, -0.1) is 0 Å². The average molecular weight is 339 g/mol. The van der Waals surface area contributed by atoms with Crippen LogP contribution in [0.4, 0.5) is 5.82 Å². The molecular weight excluding hydrogens is 314 g/mol. The molecule has 24 heavy (non-hydrogen) atoms. The van der Waals surface area contributed by atoms with Crippen molar-refractivity contribution in [2.24, 2.45) is 14.1 Å². The lowest BCUT2D eigenvalue weighted by Crippen LogP contribution is -2.47. The van der Waals surface area contributed by atoms with Crippen molar-refractivity contribution in [3.8, 4) is 0 Å². The SMILES string of the molecule is CC(C)NC(=O)CN(C)[C@@H](C)C(=O)c1c(N)n(C)c(=O)n(C)c1=O. The van der Waals surface area contributed by atoms with Crippen molar-refractivity contribution in [2.75, 3.05) is 19.3 Å². The van der Waals surface area contributed by atoms with Crippen molar-refractivity contribution in [2.45, 2.75) is 32.9 Å². The summed E-state index contributed by atoms with van der Waals surface area (Å²) in [5.41, 5.74) is 4.19. The summed E-state index contributed by atoms with van der Waals surface area (Å²) in [6, 6.07) is -0.765. The third-order valence-electron chi connectivity index (χ3n) is 3.84. The minimum absolute atomic E-state index is 0.00291. The van der Waals surface area contributed by atoms with Crippen molar-refractivity contribution >= 4 is 17.5 Å². The number of amides is 1. The molecule has 0 aliphatic carbocycles. The fourth-order valence-corrected chi connectivity index (χ4v) is 2.23. The van der Waals surface area contributed by atoms with Gasteiger partial charge in [0.25, 0.3) is 5.56 Å². The Labute approximate surface area is 140 Å². The van der Waals surface area contributed by atoms with Gasteiger partial charge in [-0.1, -0.05) is 0 Å². The number of ketones is 1. The highest BCUT2D eigenvalue weighted by Gasteiger charge is 2.27. The van der Waals surface area contributed by atoms with E-state index < -0.39 is 23.1 Å². The maximum absolute atomic E-state index is 12.7. The fourth-order valence-electron chi connectivity index (χ4n) is 2.23. The molecule has 1 atom stereocenters. The molecule has 9 heteroatoms. The van der Waals surface area contributed by atoms with Gasteiger partial charge in [-0.05, 0) is 27.8 Å². The molecule has 0 saturated heterocycles. The smallest absolute Gasteiger partial charge is 0.332 e. The molecule has 0 bridgehead atoms.